The summed E-state index contributed by atoms with van der Waals surface area (Å²) in [6.07, 6.45) is 2.90. The maximum absolute atomic E-state index is 11.5. The maximum atomic E-state index is 11.5. The lowest BCUT2D eigenvalue weighted by Gasteiger charge is -2.15. The lowest BCUT2D eigenvalue weighted by Crippen LogP contribution is -2.29. The number of rotatable bonds is 8. The number of hydrogen-bond acceptors (Lipinski definition) is 2. The maximum Gasteiger partial charge on any atom is 0.345 e. The zero-order valence-corrected chi connectivity index (χ0v) is 13.8. The SMILES string of the molecule is CCCCc1ccc(C[C@@H](Oc2ccc(C)cc2)C(=O)O)cc1. The molecule has 0 aromatic heterocycles. The van der Waals surface area contributed by atoms with Crippen molar-refractivity contribution in [1.82, 2.24) is 0 Å². The summed E-state index contributed by atoms with van der Waals surface area (Å²) >= 11 is 0. The number of ether oxygens (including phenoxy) is 1. The number of carboxylic acid groups (broad SMARTS) is 1. The molecule has 0 aliphatic rings. The molecule has 0 heterocycles. The first-order valence-electron chi connectivity index (χ1n) is 8.12. The summed E-state index contributed by atoms with van der Waals surface area (Å²) in [4.78, 5) is 11.5. The van der Waals surface area contributed by atoms with Crippen molar-refractivity contribution in [2.24, 2.45) is 0 Å². The van der Waals surface area contributed by atoms with Crippen LogP contribution in [-0.4, -0.2) is 17.2 Å². The molecule has 0 fully saturated rings. The van der Waals surface area contributed by atoms with Crippen molar-refractivity contribution in [2.45, 2.75) is 45.6 Å². The van der Waals surface area contributed by atoms with Gasteiger partial charge in [0.1, 0.15) is 5.75 Å². The monoisotopic (exact) mass is 312 g/mol. The van der Waals surface area contributed by atoms with E-state index in [9.17, 15) is 9.90 Å². The van der Waals surface area contributed by atoms with Gasteiger partial charge >= 0.3 is 5.97 Å². The van der Waals surface area contributed by atoms with Crippen LogP contribution in [0.4, 0.5) is 0 Å². The molecule has 0 aliphatic carbocycles. The Labute approximate surface area is 137 Å². The molecule has 23 heavy (non-hydrogen) atoms. The number of aliphatic carboxylic acids is 1. The molecule has 0 saturated carbocycles. The molecular weight excluding hydrogens is 288 g/mol. The quantitative estimate of drug-likeness (QED) is 0.785. The molecule has 3 heteroatoms. The number of carbonyl (C=O) groups is 1. The normalized spacial score (nSPS) is 11.9. The predicted octanol–water partition coefficient (Wildman–Crippen LogP) is 4.41. The summed E-state index contributed by atoms with van der Waals surface area (Å²) < 4.78 is 5.63. The lowest BCUT2D eigenvalue weighted by molar-refractivity contribution is -0.145. The van der Waals surface area contributed by atoms with Crippen LogP contribution in [0.2, 0.25) is 0 Å². The highest BCUT2D eigenvalue weighted by Crippen LogP contribution is 2.16. The third-order valence-electron chi connectivity index (χ3n) is 3.84. The number of hydrogen-bond donors (Lipinski definition) is 1. The second-order valence-electron chi connectivity index (χ2n) is 5.88. The summed E-state index contributed by atoms with van der Waals surface area (Å²) in [5.41, 5.74) is 3.39. The van der Waals surface area contributed by atoms with Crippen LogP contribution in [-0.2, 0) is 17.6 Å². The van der Waals surface area contributed by atoms with E-state index < -0.39 is 12.1 Å². The van der Waals surface area contributed by atoms with E-state index in [0.717, 1.165) is 17.5 Å². The highest BCUT2D eigenvalue weighted by atomic mass is 16.5. The lowest BCUT2D eigenvalue weighted by atomic mass is 10.0. The minimum atomic E-state index is -0.944. The zero-order valence-electron chi connectivity index (χ0n) is 13.8. The summed E-state index contributed by atoms with van der Waals surface area (Å²) in [6.45, 7) is 4.16. The number of aryl methyl sites for hydroxylation is 2. The minimum Gasteiger partial charge on any atom is -0.478 e. The molecular formula is C20H24O3. The van der Waals surface area contributed by atoms with Crippen LogP contribution in [0.25, 0.3) is 0 Å². The second kappa shape index (κ2) is 8.37. The Hall–Kier alpha value is -2.29. The predicted molar refractivity (Wildman–Crippen MR) is 92.0 cm³/mol. The van der Waals surface area contributed by atoms with Gasteiger partial charge in [-0.25, -0.2) is 4.79 Å². The molecule has 0 saturated heterocycles. The van der Waals surface area contributed by atoms with E-state index in [-0.39, 0.29) is 0 Å². The van der Waals surface area contributed by atoms with Crippen LogP contribution in [0.3, 0.4) is 0 Å². The van der Waals surface area contributed by atoms with E-state index in [2.05, 4.69) is 19.1 Å². The van der Waals surface area contributed by atoms with Crippen LogP contribution in [0.1, 0.15) is 36.5 Å². The Morgan fingerprint density at radius 2 is 1.65 bits per heavy atom. The Morgan fingerprint density at radius 1 is 1.04 bits per heavy atom. The number of benzene rings is 2. The van der Waals surface area contributed by atoms with Gasteiger partial charge in [-0.2, -0.15) is 0 Å². The number of unbranched alkanes of at least 4 members (excludes halogenated alkanes) is 1. The molecule has 2 aromatic rings. The van der Waals surface area contributed by atoms with E-state index in [1.165, 1.54) is 18.4 Å². The van der Waals surface area contributed by atoms with Crippen molar-refractivity contribution < 1.29 is 14.6 Å². The van der Waals surface area contributed by atoms with E-state index >= 15 is 0 Å². The molecule has 1 N–H and O–H groups in total. The van der Waals surface area contributed by atoms with Gasteiger partial charge in [0.05, 0.1) is 0 Å². The highest BCUT2D eigenvalue weighted by Gasteiger charge is 2.20. The topological polar surface area (TPSA) is 46.5 Å². The van der Waals surface area contributed by atoms with Crippen molar-refractivity contribution in [2.75, 3.05) is 0 Å². The van der Waals surface area contributed by atoms with E-state index in [4.69, 9.17) is 4.74 Å². The molecule has 2 aromatic carbocycles. The van der Waals surface area contributed by atoms with Crippen molar-refractivity contribution >= 4 is 5.97 Å². The van der Waals surface area contributed by atoms with Crippen LogP contribution in [0.5, 0.6) is 5.75 Å². The standard InChI is InChI=1S/C20H24O3/c1-3-4-5-16-8-10-17(11-9-16)14-19(20(21)22)23-18-12-6-15(2)7-13-18/h6-13,19H,3-5,14H2,1-2H3,(H,21,22)/t19-/m1/s1. The Kier molecular flexibility index (Phi) is 6.21. The largest absolute Gasteiger partial charge is 0.478 e. The molecule has 122 valence electrons. The number of carboxylic acids is 1. The summed E-state index contributed by atoms with van der Waals surface area (Å²) in [7, 11) is 0. The molecule has 0 spiro atoms. The third kappa shape index (κ3) is 5.44. The zero-order chi connectivity index (χ0) is 16.7. The fourth-order valence-corrected chi connectivity index (χ4v) is 2.40. The van der Waals surface area contributed by atoms with Crippen molar-refractivity contribution in [3.8, 4) is 5.75 Å². The highest BCUT2D eigenvalue weighted by molar-refractivity contribution is 5.73. The summed E-state index contributed by atoms with van der Waals surface area (Å²) in [5.74, 6) is -0.358. The smallest absolute Gasteiger partial charge is 0.345 e. The average Bonchev–Trinajstić information content (AvgIpc) is 2.55. The first-order chi connectivity index (χ1) is 11.1. The Bertz CT molecular complexity index is 614. The van der Waals surface area contributed by atoms with Crippen LogP contribution in [0, 0.1) is 6.92 Å². The van der Waals surface area contributed by atoms with Crippen LogP contribution in [0.15, 0.2) is 48.5 Å². The van der Waals surface area contributed by atoms with Crippen molar-refractivity contribution in [1.29, 1.82) is 0 Å². The molecule has 0 unspecified atom stereocenters. The average molecular weight is 312 g/mol. The first-order valence-corrected chi connectivity index (χ1v) is 8.12. The molecule has 0 aliphatic heterocycles. The first kappa shape index (κ1) is 17.1. The van der Waals surface area contributed by atoms with Gasteiger partial charge < -0.3 is 9.84 Å². The molecule has 0 bridgehead atoms. The van der Waals surface area contributed by atoms with Crippen LogP contribution < -0.4 is 4.74 Å². The molecule has 2 rings (SSSR count). The van der Waals surface area contributed by atoms with Crippen molar-refractivity contribution in [3.05, 3.63) is 65.2 Å². The molecule has 1 atom stereocenters. The van der Waals surface area contributed by atoms with Gasteiger partial charge in [-0.15, -0.1) is 0 Å². The van der Waals surface area contributed by atoms with Gasteiger partial charge in [0.2, 0.25) is 0 Å². The van der Waals surface area contributed by atoms with E-state index in [1.54, 1.807) is 12.1 Å². The molecule has 0 amide bonds. The minimum absolute atomic E-state index is 0.358. The van der Waals surface area contributed by atoms with Crippen LogP contribution >= 0.6 is 0 Å². The summed E-state index contributed by atoms with van der Waals surface area (Å²) in [5, 5.41) is 9.40. The molecule has 0 radical (unpaired) electrons. The summed E-state index contributed by atoms with van der Waals surface area (Å²) in [6, 6.07) is 15.6. The van der Waals surface area contributed by atoms with Gasteiger partial charge in [-0.05, 0) is 43.0 Å². The van der Waals surface area contributed by atoms with E-state index in [0.29, 0.717) is 12.2 Å². The van der Waals surface area contributed by atoms with E-state index in [1.807, 2.05) is 31.2 Å². The fourth-order valence-electron chi connectivity index (χ4n) is 2.40. The Morgan fingerprint density at radius 3 is 2.22 bits per heavy atom. The van der Waals surface area contributed by atoms with Gasteiger partial charge in [-0.1, -0.05) is 55.3 Å². The van der Waals surface area contributed by atoms with Gasteiger partial charge in [0.15, 0.2) is 6.10 Å². The third-order valence-corrected chi connectivity index (χ3v) is 3.84. The van der Waals surface area contributed by atoms with Gasteiger partial charge in [-0.3, -0.25) is 0 Å². The van der Waals surface area contributed by atoms with Gasteiger partial charge in [0.25, 0.3) is 0 Å². The Balaban J connectivity index is 2.01. The van der Waals surface area contributed by atoms with Crippen molar-refractivity contribution in [3.63, 3.8) is 0 Å². The fraction of sp³-hybridized carbons (Fsp3) is 0.350. The molecule has 3 nitrogen and oxygen atoms in total. The second-order valence-corrected chi connectivity index (χ2v) is 5.88. The van der Waals surface area contributed by atoms with Gasteiger partial charge in [0, 0.05) is 6.42 Å².